The number of fused-ring (bicyclic) bond motifs is 2. The third-order valence-corrected chi connectivity index (χ3v) is 13.1. The number of benzene rings is 1. The molecule has 1 aromatic rings. The van der Waals surface area contributed by atoms with Crippen LogP contribution in [0.15, 0.2) is 18.2 Å². The zero-order valence-electron chi connectivity index (χ0n) is 25.2. The maximum Gasteiger partial charge on any atom is 0.164 e. The quantitative estimate of drug-likeness (QED) is 0.431. The van der Waals surface area contributed by atoms with Crippen LogP contribution >= 0.6 is 0 Å². The van der Waals surface area contributed by atoms with E-state index in [4.69, 9.17) is 23.7 Å². The Kier molecular flexibility index (Phi) is 6.40. The van der Waals surface area contributed by atoms with E-state index in [1.807, 2.05) is 18.2 Å². The number of aliphatic hydroxyl groups excluding tert-OH is 1. The fraction of sp³-hybridized carbons (Fsp3) is 0.812. The summed E-state index contributed by atoms with van der Waals surface area (Å²) < 4.78 is 30.4. The van der Waals surface area contributed by atoms with Crippen molar-refractivity contribution in [2.45, 2.75) is 74.1 Å². The number of aliphatic hydroxyl groups is 3. The van der Waals surface area contributed by atoms with Crippen LogP contribution < -0.4 is 9.47 Å². The molecule has 228 valence electrons. The molecule has 1 saturated heterocycles. The number of methoxy groups -OCH3 is 5. The number of rotatable bonds is 8. The average molecular weight is 574 g/mol. The van der Waals surface area contributed by atoms with Gasteiger partial charge in [0.25, 0.3) is 0 Å². The van der Waals surface area contributed by atoms with Crippen molar-refractivity contribution >= 4 is 0 Å². The van der Waals surface area contributed by atoms with E-state index in [9.17, 15) is 15.3 Å². The highest BCUT2D eigenvalue weighted by molar-refractivity contribution is 5.52. The first kappa shape index (κ1) is 28.3. The lowest BCUT2D eigenvalue weighted by Crippen LogP contribution is -2.78. The summed E-state index contributed by atoms with van der Waals surface area (Å²) in [5.41, 5.74) is -2.24. The second kappa shape index (κ2) is 9.27. The Morgan fingerprint density at radius 1 is 1.00 bits per heavy atom. The Balaban J connectivity index is 1.51. The van der Waals surface area contributed by atoms with Gasteiger partial charge >= 0.3 is 0 Å². The molecule has 41 heavy (non-hydrogen) atoms. The predicted octanol–water partition coefficient (Wildman–Crippen LogP) is 2.06. The van der Waals surface area contributed by atoms with Crippen LogP contribution in [-0.2, 0) is 14.2 Å². The maximum absolute atomic E-state index is 13.2. The molecule has 1 aromatic carbocycles. The summed E-state index contributed by atoms with van der Waals surface area (Å²) in [6.07, 6.45) is 0.885. The van der Waals surface area contributed by atoms with Gasteiger partial charge in [0.15, 0.2) is 11.5 Å². The summed E-state index contributed by atoms with van der Waals surface area (Å²) in [5.74, 6) is 0.294. The van der Waals surface area contributed by atoms with Crippen LogP contribution in [0.4, 0.5) is 0 Å². The van der Waals surface area contributed by atoms with Gasteiger partial charge in [0.1, 0.15) is 0 Å². The molecule has 5 aliphatic carbocycles. The molecule has 13 unspecified atom stereocenters. The standard InChI is InChI=1S/C32H47NO8/c1-7-33-15-29(16-37-2)20(34)13-21(39-4)32-18-14-30(35)11-12-31(36,24(28(32)33)26(41-6)27(29)32)23(18)22(30)17-9-8-10-19(38-3)25(17)40-5/h8-10,18,20-24,26-28,34-36H,7,11-16H2,1-6H3. The van der Waals surface area contributed by atoms with Gasteiger partial charge in [-0.1, -0.05) is 19.1 Å². The predicted molar refractivity (Wildman–Crippen MR) is 150 cm³/mol. The number of para-hydroxylation sites is 1. The van der Waals surface area contributed by atoms with Crippen LogP contribution in [0.25, 0.3) is 0 Å². The third-order valence-electron chi connectivity index (χ3n) is 13.1. The molecular formula is C32H47NO8. The molecule has 7 bridgehead atoms. The van der Waals surface area contributed by atoms with E-state index in [0.29, 0.717) is 50.3 Å². The maximum atomic E-state index is 13.2. The van der Waals surface area contributed by atoms with Crippen molar-refractivity contribution in [1.29, 1.82) is 0 Å². The van der Waals surface area contributed by atoms with Gasteiger partial charge in [-0.05, 0) is 37.8 Å². The molecule has 0 radical (unpaired) electrons. The minimum atomic E-state index is -1.08. The molecule has 7 rings (SSSR count). The van der Waals surface area contributed by atoms with Crippen molar-refractivity contribution in [3.05, 3.63) is 23.8 Å². The highest BCUT2D eigenvalue weighted by Gasteiger charge is 2.88. The van der Waals surface area contributed by atoms with Crippen LogP contribution in [0.5, 0.6) is 11.5 Å². The molecule has 6 fully saturated rings. The Hall–Kier alpha value is -1.46. The van der Waals surface area contributed by atoms with Crippen LogP contribution in [0.2, 0.25) is 0 Å². The molecule has 9 nitrogen and oxygen atoms in total. The number of nitrogens with zero attached hydrogens (tertiary/aromatic N) is 1. The molecular weight excluding hydrogens is 526 g/mol. The third kappa shape index (κ3) is 3.07. The second-order valence-corrected chi connectivity index (χ2v) is 13.8. The zero-order valence-corrected chi connectivity index (χ0v) is 25.2. The van der Waals surface area contributed by atoms with Crippen LogP contribution in [0.1, 0.15) is 44.1 Å². The fourth-order valence-corrected chi connectivity index (χ4v) is 12.3. The summed E-state index contributed by atoms with van der Waals surface area (Å²) in [5, 5.41) is 37.8. The smallest absolute Gasteiger partial charge is 0.164 e. The summed E-state index contributed by atoms with van der Waals surface area (Å²) in [6.45, 7) is 4.04. The highest BCUT2D eigenvalue weighted by atomic mass is 16.5. The Morgan fingerprint density at radius 3 is 2.41 bits per heavy atom. The topological polar surface area (TPSA) is 110 Å². The summed E-state index contributed by atoms with van der Waals surface area (Å²) >= 11 is 0. The van der Waals surface area contributed by atoms with Gasteiger partial charge in [0, 0.05) is 80.4 Å². The number of likely N-dealkylation sites (tertiary alicyclic amines) is 1. The lowest BCUT2D eigenvalue weighted by atomic mass is 9.42. The van der Waals surface area contributed by atoms with Crippen molar-refractivity contribution in [2.75, 3.05) is 55.2 Å². The summed E-state index contributed by atoms with van der Waals surface area (Å²) in [6, 6.07) is 5.86. The van der Waals surface area contributed by atoms with Gasteiger partial charge in [-0.25, -0.2) is 0 Å². The van der Waals surface area contributed by atoms with E-state index in [0.717, 1.165) is 12.1 Å². The van der Waals surface area contributed by atoms with Crippen LogP contribution in [0, 0.1) is 34.5 Å². The molecule has 1 spiro atoms. The zero-order chi connectivity index (χ0) is 29.1. The molecule has 1 heterocycles. The molecule has 1 aliphatic heterocycles. The first-order chi connectivity index (χ1) is 19.7. The van der Waals surface area contributed by atoms with Gasteiger partial charge in [-0.2, -0.15) is 0 Å². The van der Waals surface area contributed by atoms with Gasteiger partial charge < -0.3 is 39.0 Å². The van der Waals surface area contributed by atoms with Crippen molar-refractivity contribution in [3.8, 4) is 11.5 Å². The number of ether oxygens (including phenoxy) is 5. The number of hydrogen-bond acceptors (Lipinski definition) is 9. The first-order valence-electron chi connectivity index (χ1n) is 15.3. The number of piperidine rings is 1. The van der Waals surface area contributed by atoms with E-state index in [1.54, 1.807) is 35.5 Å². The van der Waals surface area contributed by atoms with E-state index >= 15 is 0 Å². The van der Waals surface area contributed by atoms with Crippen LogP contribution in [0.3, 0.4) is 0 Å². The fourth-order valence-electron chi connectivity index (χ4n) is 12.3. The summed E-state index contributed by atoms with van der Waals surface area (Å²) in [7, 11) is 8.50. The molecule has 9 heteroatoms. The number of hydrogen-bond donors (Lipinski definition) is 3. The lowest BCUT2D eigenvalue weighted by Gasteiger charge is -2.70. The minimum Gasteiger partial charge on any atom is -0.493 e. The molecule has 3 N–H and O–H groups in total. The Labute approximate surface area is 243 Å². The molecule has 13 atom stereocenters. The van der Waals surface area contributed by atoms with Crippen molar-refractivity contribution < 1.29 is 39.0 Å². The van der Waals surface area contributed by atoms with Crippen molar-refractivity contribution in [2.24, 2.45) is 34.5 Å². The Bertz CT molecular complexity index is 1200. The van der Waals surface area contributed by atoms with E-state index < -0.39 is 28.1 Å². The van der Waals surface area contributed by atoms with Crippen molar-refractivity contribution in [1.82, 2.24) is 4.90 Å². The van der Waals surface area contributed by atoms with Gasteiger partial charge in [0.05, 0.1) is 50.3 Å². The highest BCUT2D eigenvalue weighted by Crippen LogP contribution is 2.81. The SMILES string of the molecule is CCN1CC2(COC)C(O)CC(OC)C34C5CC6(O)CCC(O)(C5C6c5cccc(OC)c5OC)C(C(OC)C23)C14. The van der Waals surface area contributed by atoms with Crippen molar-refractivity contribution in [3.63, 3.8) is 0 Å². The Morgan fingerprint density at radius 2 is 1.78 bits per heavy atom. The normalized spacial score (nSPS) is 51.1. The van der Waals surface area contributed by atoms with Gasteiger partial charge in [0.2, 0.25) is 0 Å². The average Bonchev–Trinajstić information content (AvgIpc) is 3.36. The van der Waals surface area contributed by atoms with E-state index in [-0.39, 0.29) is 47.8 Å². The first-order valence-corrected chi connectivity index (χ1v) is 15.3. The molecule has 6 aliphatic rings. The van der Waals surface area contributed by atoms with Gasteiger partial charge in [-0.3, -0.25) is 4.90 Å². The molecule has 5 saturated carbocycles. The van der Waals surface area contributed by atoms with Gasteiger partial charge in [-0.15, -0.1) is 0 Å². The van der Waals surface area contributed by atoms with E-state index in [1.165, 1.54) is 0 Å². The summed E-state index contributed by atoms with van der Waals surface area (Å²) in [4.78, 5) is 2.48. The monoisotopic (exact) mass is 573 g/mol. The largest absolute Gasteiger partial charge is 0.493 e. The van der Waals surface area contributed by atoms with Crippen LogP contribution in [-0.4, -0.2) is 111 Å². The second-order valence-electron chi connectivity index (χ2n) is 13.8. The molecule has 0 amide bonds. The lowest BCUT2D eigenvalue weighted by molar-refractivity contribution is -0.289. The molecule has 0 aromatic heterocycles. The minimum absolute atomic E-state index is 0.00411. The van der Waals surface area contributed by atoms with E-state index in [2.05, 4.69) is 11.8 Å².